The van der Waals surface area contributed by atoms with Gasteiger partial charge in [0.2, 0.25) is 11.8 Å². The molecule has 4 aliphatic rings. The Morgan fingerprint density at radius 1 is 0.931 bits per heavy atom. The second-order valence-electron chi connectivity index (χ2n) is 15.2. The van der Waals surface area contributed by atoms with E-state index in [1.54, 1.807) is 60.7 Å². The molecule has 3 aromatic carbocycles. The smallest absolute Gasteiger partial charge is 0.417 e. The number of pyridine rings is 1. The van der Waals surface area contributed by atoms with Gasteiger partial charge < -0.3 is 10.2 Å². The molecule has 3 N–H and O–H groups in total. The second-order valence-corrected chi connectivity index (χ2v) is 16.0. The molecule has 0 spiro atoms. The molecule has 0 bridgehead atoms. The van der Waals surface area contributed by atoms with Crippen molar-refractivity contribution < 1.29 is 47.4 Å². The molecule has 58 heavy (non-hydrogen) atoms. The standard InChI is InChI=1S/C42H35Cl2F3N4O7/c43-24-12-10-22(11-13-24)41-30(38(56)51(40(41)58)49-36-31(44)18-23(20-48-36)42(45,46)47)19-29-26(34(41)28-14-9-21-6-3-4-7-25(21)35(28)54)15-16-27-33(29)39(57)50(37(27)55)17-5-1-2-8-32(52)53/h3-4,6-7,9-15,18,20,27,29-30,33-34,54H,1-2,5,8,16-17,19H2,(H,48,49)(H,52,53). The summed E-state index contributed by atoms with van der Waals surface area (Å²) >= 11 is 12.6. The lowest BCUT2D eigenvalue weighted by Crippen LogP contribution is -2.53. The molecule has 4 amide bonds. The van der Waals surface area contributed by atoms with E-state index in [0.717, 1.165) is 0 Å². The van der Waals surface area contributed by atoms with E-state index in [-0.39, 0.29) is 43.0 Å². The summed E-state index contributed by atoms with van der Waals surface area (Å²) in [4.78, 5) is 74.6. The number of carboxylic acids is 1. The van der Waals surface area contributed by atoms with E-state index >= 15 is 4.79 Å². The number of benzene rings is 3. The molecule has 4 aromatic rings. The molecule has 0 radical (unpaired) electrons. The molecule has 3 fully saturated rings. The number of halogens is 5. The van der Waals surface area contributed by atoms with Crippen LogP contribution < -0.4 is 5.43 Å². The minimum Gasteiger partial charge on any atom is -0.507 e. The van der Waals surface area contributed by atoms with E-state index in [9.17, 15) is 37.5 Å². The molecule has 2 aliphatic carbocycles. The van der Waals surface area contributed by atoms with Crippen LogP contribution in [0.25, 0.3) is 10.8 Å². The number of aromatic nitrogens is 1. The van der Waals surface area contributed by atoms with Crippen molar-refractivity contribution in [1.82, 2.24) is 14.9 Å². The summed E-state index contributed by atoms with van der Waals surface area (Å²) in [6.07, 6.45) is -1.13. The average Bonchev–Trinajstić information content (AvgIpc) is 3.56. The summed E-state index contributed by atoms with van der Waals surface area (Å²) < 4.78 is 40.6. The molecule has 11 nitrogen and oxygen atoms in total. The number of anilines is 1. The van der Waals surface area contributed by atoms with Crippen molar-refractivity contribution in [2.75, 3.05) is 12.0 Å². The van der Waals surface area contributed by atoms with Crippen LogP contribution in [0.15, 0.2) is 84.6 Å². The number of hydrazine groups is 1. The average molecular weight is 836 g/mol. The lowest BCUT2D eigenvalue weighted by Gasteiger charge is -2.50. The van der Waals surface area contributed by atoms with Crippen molar-refractivity contribution in [2.24, 2.45) is 23.7 Å². The number of allylic oxidation sites excluding steroid dienone is 2. The highest BCUT2D eigenvalue weighted by Gasteiger charge is 2.70. The first-order valence-electron chi connectivity index (χ1n) is 18.8. The van der Waals surface area contributed by atoms with Gasteiger partial charge in [0.25, 0.3) is 11.8 Å². The molecule has 6 atom stereocenters. The molecule has 2 saturated heterocycles. The topological polar surface area (TPSA) is 157 Å². The van der Waals surface area contributed by atoms with Crippen molar-refractivity contribution in [3.63, 3.8) is 0 Å². The van der Waals surface area contributed by atoms with Gasteiger partial charge in [0.15, 0.2) is 5.82 Å². The zero-order chi connectivity index (χ0) is 41.3. The quantitative estimate of drug-likeness (QED) is 0.0821. The van der Waals surface area contributed by atoms with Crippen LogP contribution in [-0.4, -0.2) is 61.2 Å². The van der Waals surface area contributed by atoms with Crippen LogP contribution in [0, 0.1) is 23.7 Å². The summed E-state index contributed by atoms with van der Waals surface area (Å²) in [6.45, 7) is 0.0926. The van der Waals surface area contributed by atoms with Gasteiger partial charge in [-0.1, -0.05) is 89.8 Å². The number of nitrogens with one attached hydrogen (secondary N) is 1. The van der Waals surface area contributed by atoms with Crippen LogP contribution in [0.3, 0.4) is 0 Å². The first kappa shape index (κ1) is 39.4. The van der Waals surface area contributed by atoms with Crippen LogP contribution in [0.1, 0.15) is 61.1 Å². The van der Waals surface area contributed by atoms with Crippen LogP contribution in [0.2, 0.25) is 10.0 Å². The van der Waals surface area contributed by atoms with Crippen molar-refractivity contribution in [3.05, 3.63) is 111 Å². The fourth-order valence-corrected chi connectivity index (χ4v) is 9.98. The van der Waals surface area contributed by atoms with Gasteiger partial charge >= 0.3 is 12.1 Å². The number of hydrogen-bond donors (Lipinski definition) is 3. The van der Waals surface area contributed by atoms with Crippen LogP contribution in [-0.2, 0) is 35.6 Å². The molecule has 3 heterocycles. The zero-order valence-corrected chi connectivity index (χ0v) is 32.0. The van der Waals surface area contributed by atoms with E-state index < -0.39 is 81.3 Å². The summed E-state index contributed by atoms with van der Waals surface area (Å²) in [5.74, 6) is -8.64. The number of aliphatic carboxylic acids is 1. The SMILES string of the molecule is O=C(O)CCCCCN1C(=O)C2CC=C3C(CC4C(=O)N(Nc5ncc(C(F)(F)F)cc5Cl)C(=O)C4(c4ccc(Cl)cc4)C3c3ccc4ccccc4c3O)C2C1=O. The molecular formula is C42H35Cl2F3N4O7. The molecule has 1 aromatic heterocycles. The summed E-state index contributed by atoms with van der Waals surface area (Å²) in [7, 11) is 0. The Morgan fingerprint density at radius 2 is 1.67 bits per heavy atom. The lowest BCUT2D eigenvalue weighted by molar-refractivity contribution is -0.141. The number of imide groups is 2. The molecule has 2 aliphatic heterocycles. The van der Waals surface area contributed by atoms with Crippen LogP contribution in [0.5, 0.6) is 5.75 Å². The number of fused-ring (bicyclic) bond motifs is 5. The number of aromatic hydroxyl groups is 1. The number of phenols is 1. The molecule has 16 heteroatoms. The molecule has 6 unspecified atom stereocenters. The number of unbranched alkanes of at least 4 members (excludes halogenated alkanes) is 2. The summed E-state index contributed by atoms with van der Waals surface area (Å²) in [5, 5.41) is 22.9. The highest BCUT2D eigenvalue weighted by atomic mass is 35.5. The van der Waals surface area contributed by atoms with E-state index in [1.807, 2.05) is 6.08 Å². The van der Waals surface area contributed by atoms with E-state index in [1.165, 1.54) is 4.90 Å². The minimum atomic E-state index is -4.77. The van der Waals surface area contributed by atoms with Crippen LogP contribution in [0.4, 0.5) is 19.0 Å². The predicted molar refractivity (Wildman–Crippen MR) is 205 cm³/mol. The first-order valence-corrected chi connectivity index (χ1v) is 19.5. The zero-order valence-electron chi connectivity index (χ0n) is 30.5. The van der Waals surface area contributed by atoms with E-state index in [2.05, 4.69) is 10.4 Å². The van der Waals surface area contributed by atoms with E-state index in [4.69, 9.17) is 28.3 Å². The largest absolute Gasteiger partial charge is 0.507 e. The Balaban J connectivity index is 1.28. The fraction of sp³-hybridized carbons (Fsp3) is 0.333. The molecule has 1 saturated carbocycles. The van der Waals surface area contributed by atoms with Gasteiger partial charge in [0.1, 0.15) is 5.75 Å². The fourth-order valence-electron chi connectivity index (χ4n) is 9.64. The van der Waals surface area contributed by atoms with Crippen molar-refractivity contribution in [1.29, 1.82) is 0 Å². The maximum absolute atomic E-state index is 15.4. The third-order valence-corrected chi connectivity index (χ3v) is 12.7. The van der Waals surface area contributed by atoms with Gasteiger partial charge in [-0.2, -0.15) is 18.2 Å². The van der Waals surface area contributed by atoms with Gasteiger partial charge in [-0.25, -0.2) is 4.98 Å². The Kier molecular flexibility index (Phi) is 9.99. The van der Waals surface area contributed by atoms with Crippen LogP contribution >= 0.6 is 23.2 Å². The van der Waals surface area contributed by atoms with Gasteiger partial charge in [-0.05, 0) is 60.7 Å². The Labute approximate surface area is 339 Å². The molecule has 300 valence electrons. The number of hydrogen-bond acceptors (Lipinski definition) is 8. The highest BCUT2D eigenvalue weighted by Crippen LogP contribution is 2.65. The Bertz CT molecular complexity index is 2430. The third kappa shape index (κ3) is 6.28. The van der Waals surface area contributed by atoms with Gasteiger partial charge in [0.05, 0.1) is 33.8 Å². The molecular weight excluding hydrogens is 800 g/mol. The van der Waals surface area contributed by atoms with Crippen molar-refractivity contribution in [3.8, 4) is 5.75 Å². The highest BCUT2D eigenvalue weighted by molar-refractivity contribution is 6.33. The Hall–Kier alpha value is -5.47. The lowest BCUT2D eigenvalue weighted by atomic mass is 9.49. The number of rotatable bonds is 10. The van der Waals surface area contributed by atoms with Gasteiger partial charge in [0, 0.05) is 41.1 Å². The number of carboxylic acid groups (broad SMARTS) is 1. The number of likely N-dealkylation sites (tertiary alicyclic amines) is 1. The number of carbonyl (C=O) groups is 5. The maximum atomic E-state index is 15.4. The normalized spacial score (nSPS) is 25.5. The minimum absolute atomic E-state index is 0.0397. The third-order valence-electron chi connectivity index (χ3n) is 12.2. The summed E-state index contributed by atoms with van der Waals surface area (Å²) in [6, 6.07) is 17.5. The summed E-state index contributed by atoms with van der Waals surface area (Å²) in [5.41, 5.74) is 0.862. The van der Waals surface area contributed by atoms with Gasteiger partial charge in [-0.15, -0.1) is 0 Å². The number of nitrogens with zero attached hydrogens (tertiary/aromatic N) is 3. The first-order chi connectivity index (χ1) is 27.6. The number of amides is 4. The van der Waals surface area contributed by atoms with Gasteiger partial charge in [-0.3, -0.25) is 34.3 Å². The van der Waals surface area contributed by atoms with Crippen molar-refractivity contribution in [2.45, 2.75) is 56.0 Å². The van der Waals surface area contributed by atoms with Crippen molar-refractivity contribution >= 4 is 69.4 Å². The second kappa shape index (κ2) is 14.7. The molecule has 8 rings (SSSR count). The number of carbonyl (C=O) groups excluding carboxylic acids is 4. The monoisotopic (exact) mass is 834 g/mol. The van der Waals surface area contributed by atoms with E-state index in [0.29, 0.717) is 63.5 Å². The Morgan fingerprint density at radius 3 is 2.38 bits per heavy atom. The number of phenolic OH excluding ortho intramolecular Hbond substituents is 1. The predicted octanol–water partition coefficient (Wildman–Crippen LogP) is 7.90. The maximum Gasteiger partial charge on any atom is 0.417 e. The number of alkyl halides is 3.